The molecule has 2 aromatic rings. The van der Waals surface area contributed by atoms with Crippen molar-refractivity contribution in [3.8, 4) is 22.8 Å². The molecular weight excluding hydrogens is 266 g/mol. The molecule has 0 atom stereocenters. The van der Waals surface area contributed by atoms with Crippen LogP contribution in [0.4, 0.5) is 5.82 Å². The molecule has 1 aliphatic carbocycles. The van der Waals surface area contributed by atoms with Gasteiger partial charge in [0.25, 0.3) is 0 Å². The first-order valence-corrected chi connectivity index (χ1v) is 7.26. The predicted octanol–water partition coefficient (Wildman–Crippen LogP) is 2.53. The van der Waals surface area contributed by atoms with Crippen LogP contribution in [-0.2, 0) is 7.05 Å². The smallest absolute Gasteiger partial charge is 0.161 e. The van der Waals surface area contributed by atoms with Gasteiger partial charge in [0.2, 0.25) is 0 Å². The molecule has 2 aliphatic rings. The van der Waals surface area contributed by atoms with Gasteiger partial charge >= 0.3 is 0 Å². The maximum atomic E-state index is 5.99. The zero-order chi connectivity index (χ0) is 14.6. The second kappa shape index (κ2) is 4.16. The lowest BCUT2D eigenvalue weighted by Crippen LogP contribution is -2.17. The fraction of sp³-hybridized carbons (Fsp3) is 0.438. The average Bonchev–Trinajstić information content (AvgIpc) is 3.19. The highest BCUT2D eigenvalue weighted by Gasteiger charge is 2.46. The highest BCUT2D eigenvalue weighted by Crippen LogP contribution is 2.49. The minimum absolute atomic E-state index is 0.252. The molecule has 0 saturated heterocycles. The first-order valence-electron chi connectivity index (χ1n) is 7.26. The summed E-state index contributed by atoms with van der Waals surface area (Å²) in [6, 6.07) is 5.94. The summed E-state index contributed by atoms with van der Waals surface area (Å²) in [5, 5.41) is 4.45. The molecule has 0 unspecified atom stereocenters. The Labute approximate surface area is 123 Å². The van der Waals surface area contributed by atoms with Crippen LogP contribution in [0, 0.1) is 12.3 Å². The molecule has 2 N–H and O–H groups in total. The van der Waals surface area contributed by atoms with Gasteiger partial charge in [0.1, 0.15) is 5.82 Å². The third-order valence-corrected chi connectivity index (χ3v) is 4.51. The van der Waals surface area contributed by atoms with E-state index in [-0.39, 0.29) is 5.41 Å². The van der Waals surface area contributed by atoms with Crippen LogP contribution < -0.4 is 15.2 Å². The van der Waals surface area contributed by atoms with Crippen LogP contribution in [0.2, 0.25) is 0 Å². The molecule has 1 saturated carbocycles. The summed E-state index contributed by atoms with van der Waals surface area (Å²) < 4.78 is 13.6. The van der Waals surface area contributed by atoms with Crippen molar-refractivity contribution in [2.24, 2.45) is 12.5 Å². The van der Waals surface area contributed by atoms with Gasteiger partial charge in [0.05, 0.1) is 18.9 Å². The number of rotatable bonds is 1. The van der Waals surface area contributed by atoms with E-state index < -0.39 is 0 Å². The van der Waals surface area contributed by atoms with Gasteiger partial charge in [-0.2, -0.15) is 5.10 Å². The Balaban J connectivity index is 1.75. The molecule has 0 bridgehead atoms. The molecule has 4 rings (SSSR count). The van der Waals surface area contributed by atoms with E-state index in [0.29, 0.717) is 5.82 Å². The predicted molar refractivity (Wildman–Crippen MR) is 80.5 cm³/mol. The van der Waals surface area contributed by atoms with Gasteiger partial charge in [-0.3, -0.25) is 4.68 Å². The highest BCUT2D eigenvalue weighted by molar-refractivity contribution is 5.70. The summed E-state index contributed by atoms with van der Waals surface area (Å²) in [4.78, 5) is 0. The summed E-state index contributed by atoms with van der Waals surface area (Å²) >= 11 is 0. The van der Waals surface area contributed by atoms with Crippen molar-refractivity contribution >= 4 is 5.82 Å². The van der Waals surface area contributed by atoms with Crippen LogP contribution in [0.1, 0.15) is 18.4 Å². The quantitative estimate of drug-likeness (QED) is 0.874. The number of anilines is 1. The number of hydrogen-bond acceptors (Lipinski definition) is 4. The Hall–Kier alpha value is -2.17. The highest BCUT2D eigenvalue weighted by atomic mass is 16.5. The topological polar surface area (TPSA) is 62.3 Å². The molecule has 5 heteroatoms. The number of nitrogens with zero attached hydrogens (tertiary/aromatic N) is 2. The van der Waals surface area contributed by atoms with Gasteiger partial charge < -0.3 is 15.2 Å². The molecule has 21 heavy (non-hydrogen) atoms. The second-order valence-electron chi connectivity index (χ2n) is 6.27. The van der Waals surface area contributed by atoms with Gasteiger partial charge in [-0.1, -0.05) is 0 Å². The van der Waals surface area contributed by atoms with Gasteiger partial charge in [-0.05, 0) is 37.5 Å². The van der Waals surface area contributed by atoms with Crippen LogP contribution in [0.5, 0.6) is 11.5 Å². The van der Waals surface area contributed by atoms with Gasteiger partial charge in [0.15, 0.2) is 11.5 Å². The molecule has 1 aromatic carbocycles. The molecule has 110 valence electrons. The number of nitrogens with two attached hydrogens (primary N) is 1. The molecule has 5 nitrogen and oxygen atoms in total. The third-order valence-electron chi connectivity index (χ3n) is 4.51. The minimum Gasteiger partial charge on any atom is -0.489 e. The standard InChI is InChI=1S/C16H19N3O2/c1-10-5-13-14(21-9-16(3-4-16)8-20-13)6-11(10)12-7-15(17)19(2)18-12/h5-7H,3-4,8-9,17H2,1-2H3. The van der Waals surface area contributed by atoms with E-state index >= 15 is 0 Å². The zero-order valence-corrected chi connectivity index (χ0v) is 12.3. The summed E-state index contributed by atoms with van der Waals surface area (Å²) in [6.45, 7) is 3.56. The summed E-state index contributed by atoms with van der Waals surface area (Å²) in [6.07, 6.45) is 2.40. The maximum absolute atomic E-state index is 5.99. The SMILES string of the molecule is Cc1cc2c(cc1-c1cc(N)n(C)n1)OCC1(CC1)CO2. The molecule has 1 aliphatic heterocycles. The normalized spacial score (nSPS) is 18.6. The van der Waals surface area contributed by atoms with Crippen molar-refractivity contribution in [2.45, 2.75) is 19.8 Å². The van der Waals surface area contributed by atoms with E-state index in [4.69, 9.17) is 15.2 Å². The molecule has 1 fully saturated rings. The van der Waals surface area contributed by atoms with Crippen LogP contribution in [-0.4, -0.2) is 23.0 Å². The Bertz CT molecular complexity index is 697. The summed E-state index contributed by atoms with van der Waals surface area (Å²) in [5.74, 6) is 2.29. The fourth-order valence-electron chi connectivity index (χ4n) is 2.75. The van der Waals surface area contributed by atoms with Crippen molar-refractivity contribution in [1.82, 2.24) is 9.78 Å². The first kappa shape index (κ1) is 12.6. The molecule has 0 radical (unpaired) electrons. The largest absolute Gasteiger partial charge is 0.489 e. The van der Waals surface area contributed by atoms with E-state index in [2.05, 4.69) is 12.0 Å². The number of hydrogen-bond donors (Lipinski definition) is 1. The first-order chi connectivity index (χ1) is 10.1. The van der Waals surface area contributed by atoms with Crippen molar-refractivity contribution < 1.29 is 9.47 Å². The van der Waals surface area contributed by atoms with Crippen molar-refractivity contribution in [3.05, 3.63) is 23.8 Å². The molecule has 2 heterocycles. The van der Waals surface area contributed by atoms with Crippen molar-refractivity contribution in [2.75, 3.05) is 18.9 Å². The van der Waals surface area contributed by atoms with Gasteiger partial charge in [0, 0.05) is 24.1 Å². The molecule has 0 amide bonds. The second-order valence-corrected chi connectivity index (χ2v) is 6.27. The number of nitrogen functional groups attached to an aromatic ring is 1. The van der Waals surface area contributed by atoms with E-state index in [1.807, 2.05) is 25.2 Å². The number of aryl methyl sites for hydroxylation is 2. The monoisotopic (exact) mass is 285 g/mol. The summed E-state index contributed by atoms with van der Waals surface area (Å²) in [7, 11) is 1.84. The molecule has 1 spiro atoms. The van der Waals surface area contributed by atoms with Gasteiger partial charge in [-0.25, -0.2) is 0 Å². The lowest BCUT2D eigenvalue weighted by molar-refractivity contribution is 0.197. The van der Waals surface area contributed by atoms with Crippen LogP contribution in [0.15, 0.2) is 18.2 Å². The molecule has 1 aromatic heterocycles. The lowest BCUT2D eigenvalue weighted by Gasteiger charge is -2.11. The zero-order valence-electron chi connectivity index (χ0n) is 12.3. The van der Waals surface area contributed by atoms with Crippen molar-refractivity contribution in [3.63, 3.8) is 0 Å². The van der Waals surface area contributed by atoms with Gasteiger partial charge in [-0.15, -0.1) is 0 Å². The van der Waals surface area contributed by atoms with E-state index in [1.54, 1.807) is 4.68 Å². The van der Waals surface area contributed by atoms with Crippen LogP contribution in [0.25, 0.3) is 11.3 Å². The van der Waals surface area contributed by atoms with Crippen LogP contribution in [0.3, 0.4) is 0 Å². The number of aromatic nitrogens is 2. The number of fused-ring (bicyclic) bond motifs is 1. The molecular formula is C16H19N3O2. The third kappa shape index (κ3) is 2.04. The van der Waals surface area contributed by atoms with E-state index in [1.165, 1.54) is 12.8 Å². The Kier molecular flexibility index (Phi) is 2.49. The van der Waals surface area contributed by atoms with E-state index in [9.17, 15) is 0 Å². The number of ether oxygens (including phenoxy) is 2. The average molecular weight is 285 g/mol. The Morgan fingerprint density at radius 1 is 1.14 bits per heavy atom. The van der Waals surface area contributed by atoms with Crippen molar-refractivity contribution in [1.29, 1.82) is 0 Å². The minimum atomic E-state index is 0.252. The lowest BCUT2D eigenvalue weighted by atomic mass is 10.0. The Morgan fingerprint density at radius 3 is 2.38 bits per heavy atom. The maximum Gasteiger partial charge on any atom is 0.161 e. The Morgan fingerprint density at radius 2 is 1.81 bits per heavy atom. The fourth-order valence-corrected chi connectivity index (χ4v) is 2.75. The van der Waals surface area contributed by atoms with E-state index in [0.717, 1.165) is 41.5 Å². The summed E-state index contributed by atoms with van der Waals surface area (Å²) in [5.41, 5.74) is 9.15. The van der Waals surface area contributed by atoms with Crippen LogP contribution >= 0.6 is 0 Å². The number of benzene rings is 1.